The lowest BCUT2D eigenvalue weighted by Gasteiger charge is -2.39. The van der Waals surface area contributed by atoms with Crippen molar-refractivity contribution in [3.05, 3.63) is 72.6 Å². The quantitative estimate of drug-likeness (QED) is 0.687. The third kappa shape index (κ3) is 3.71. The van der Waals surface area contributed by atoms with E-state index in [9.17, 15) is 9.59 Å². The molecule has 1 aromatic heterocycles. The Bertz CT molecular complexity index is 1010. The smallest absolute Gasteiger partial charge is 0.254 e. The summed E-state index contributed by atoms with van der Waals surface area (Å²) in [6, 6.07) is 16.3. The van der Waals surface area contributed by atoms with E-state index < -0.39 is 0 Å². The van der Waals surface area contributed by atoms with Gasteiger partial charge in [0.05, 0.1) is 18.8 Å². The van der Waals surface area contributed by atoms with Gasteiger partial charge >= 0.3 is 0 Å². The second-order valence-corrected chi connectivity index (χ2v) is 7.00. The molecule has 0 radical (unpaired) electrons. The molecule has 2 aromatic carbocycles. The molecular formula is C22H22N4O3. The van der Waals surface area contributed by atoms with Crippen molar-refractivity contribution >= 4 is 17.5 Å². The normalized spacial score (nSPS) is 16.8. The summed E-state index contributed by atoms with van der Waals surface area (Å²) in [5.41, 5.74) is 2.20. The molecule has 1 saturated heterocycles. The van der Waals surface area contributed by atoms with E-state index in [1.165, 1.54) is 0 Å². The van der Waals surface area contributed by atoms with E-state index in [-0.39, 0.29) is 24.4 Å². The molecule has 0 saturated carbocycles. The number of aromatic nitrogens is 2. The lowest BCUT2D eigenvalue weighted by molar-refractivity contribution is -0.121. The van der Waals surface area contributed by atoms with Gasteiger partial charge in [0, 0.05) is 36.3 Å². The Balaban J connectivity index is 1.49. The molecule has 4 rings (SSSR count). The zero-order valence-electron chi connectivity index (χ0n) is 16.4. The Hall–Kier alpha value is -3.61. The summed E-state index contributed by atoms with van der Waals surface area (Å²) < 4.78 is 6.99. The van der Waals surface area contributed by atoms with E-state index in [4.69, 9.17) is 4.74 Å². The molecule has 0 unspecified atom stereocenters. The maximum atomic E-state index is 12.9. The Morgan fingerprint density at radius 3 is 2.55 bits per heavy atom. The van der Waals surface area contributed by atoms with Gasteiger partial charge in [-0.25, -0.2) is 4.68 Å². The zero-order chi connectivity index (χ0) is 20.4. The first kappa shape index (κ1) is 18.7. The van der Waals surface area contributed by atoms with E-state index in [2.05, 4.69) is 5.10 Å². The van der Waals surface area contributed by atoms with Crippen LogP contribution in [0.1, 0.15) is 17.3 Å². The van der Waals surface area contributed by atoms with Gasteiger partial charge in [-0.1, -0.05) is 6.07 Å². The van der Waals surface area contributed by atoms with Crippen molar-refractivity contribution in [2.45, 2.75) is 13.0 Å². The van der Waals surface area contributed by atoms with E-state index >= 15 is 0 Å². The molecule has 7 nitrogen and oxygen atoms in total. The molecule has 7 heteroatoms. The lowest BCUT2D eigenvalue weighted by atomic mass is 10.1. The first-order chi connectivity index (χ1) is 14.1. The molecule has 0 bridgehead atoms. The third-order valence-electron chi connectivity index (χ3n) is 5.02. The van der Waals surface area contributed by atoms with Crippen LogP contribution in [0.2, 0.25) is 0 Å². The summed E-state index contributed by atoms with van der Waals surface area (Å²) in [6.07, 6.45) is 3.54. The molecular weight excluding hydrogens is 368 g/mol. The topological polar surface area (TPSA) is 67.7 Å². The van der Waals surface area contributed by atoms with E-state index in [0.29, 0.717) is 17.9 Å². The number of carbonyl (C=O) groups excluding carboxylic acids is 2. The fourth-order valence-corrected chi connectivity index (χ4v) is 3.62. The van der Waals surface area contributed by atoms with Crippen LogP contribution in [0, 0.1) is 0 Å². The monoisotopic (exact) mass is 390 g/mol. The summed E-state index contributed by atoms with van der Waals surface area (Å²) >= 11 is 0. The zero-order valence-corrected chi connectivity index (χ0v) is 16.4. The summed E-state index contributed by atoms with van der Waals surface area (Å²) in [4.78, 5) is 29.1. The Morgan fingerprint density at radius 1 is 1.10 bits per heavy atom. The van der Waals surface area contributed by atoms with Gasteiger partial charge in [0.15, 0.2) is 0 Å². The molecule has 0 aliphatic carbocycles. The predicted octanol–water partition coefficient (Wildman–Crippen LogP) is 2.76. The average molecular weight is 390 g/mol. The maximum Gasteiger partial charge on any atom is 0.254 e. The van der Waals surface area contributed by atoms with Crippen LogP contribution in [0.3, 0.4) is 0 Å². The number of carbonyl (C=O) groups is 2. The molecule has 1 aliphatic rings. The highest BCUT2D eigenvalue weighted by Crippen LogP contribution is 2.26. The minimum Gasteiger partial charge on any atom is -0.497 e. The van der Waals surface area contributed by atoms with Crippen molar-refractivity contribution in [2.24, 2.45) is 0 Å². The van der Waals surface area contributed by atoms with Crippen LogP contribution in [0.25, 0.3) is 5.69 Å². The highest BCUT2D eigenvalue weighted by Gasteiger charge is 2.33. The van der Waals surface area contributed by atoms with Crippen LogP contribution < -0.4 is 9.64 Å². The summed E-state index contributed by atoms with van der Waals surface area (Å²) in [5, 5.41) is 4.18. The molecule has 2 amide bonds. The number of hydrogen-bond donors (Lipinski definition) is 0. The van der Waals surface area contributed by atoms with Gasteiger partial charge in [0.2, 0.25) is 5.91 Å². The van der Waals surface area contributed by atoms with Crippen LogP contribution in [-0.2, 0) is 4.79 Å². The van der Waals surface area contributed by atoms with E-state index in [1.807, 2.05) is 55.6 Å². The number of hydrogen-bond acceptors (Lipinski definition) is 4. The first-order valence-electron chi connectivity index (χ1n) is 9.42. The van der Waals surface area contributed by atoms with Gasteiger partial charge < -0.3 is 14.5 Å². The van der Waals surface area contributed by atoms with Gasteiger partial charge in [0.1, 0.15) is 12.3 Å². The van der Waals surface area contributed by atoms with Crippen LogP contribution in [0.4, 0.5) is 5.69 Å². The Morgan fingerprint density at radius 2 is 1.90 bits per heavy atom. The Labute approximate surface area is 169 Å². The highest BCUT2D eigenvalue weighted by molar-refractivity contribution is 6.02. The van der Waals surface area contributed by atoms with Crippen molar-refractivity contribution in [1.82, 2.24) is 14.7 Å². The molecule has 2 heterocycles. The molecule has 1 fully saturated rings. The number of amides is 2. The number of methoxy groups -OCH3 is 1. The van der Waals surface area contributed by atoms with Crippen molar-refractivity contribution in [1.29, 1.82) is 0 Å². The predicted molar refractivity (Wildman–Crippen MR) is 109 cm³/mol. The number of piperazine rings is 1. The number of benzene rings is 2. The SMILES string of the molecule is COc1cccc(N2C(=O)CN(C(=O)c3ccc(-n4cccn4)cc3)C[C@H]2C)c1. The summed E-state index contributed by atoms with van der Waals surface area (Å²) in [5.74, 6) is 0.430. The molecule has 29 heavy (non-hydrogen) atoms. The number of nitrogens with zero attached hydrogens (tertiary/aromatic N) is 4. The molecule has 0 spiro atoms. The van der Waals surface area contributed by atoms with Crippen molar-refractivity contribution in [3.8, 4) is 11.4 Å². The fraction of sp³-hybridized carbons (Fsp3) is 0.227. The summed E-state index contributed by atoms with van der Waals surface area (Å²) in [7, 11) is 1.60. The fourth-order valence-electron chi connectivity index (χ4n) is 3.62. The molecule has 1 aliphatic heterocycles. The molecule has 0 N–H and O–H groups in total. The van der Waals surface area contributed by atoms with E-state index in [0.717, 1.165) is 11.4 Å². The second kappa shape index (κ2) is 7.79. The Kier molecular flexibility index (Phi) is 5.03. The third-order valence-corrected chi connectivity index (χ3v) is 5.02. The van der Waals surface area contributed by atoms with E-state index in [1.54, 1.807) is 39.9 Å². The largest absolute Gasteiger partial charge is 0.497 e. The molecule has 3 aromatic rings. The van der Waals surface area contributed by atoms with Crippen LogP contribution in [0.15, 0.2) is 67.0 Å². The number of rotatable bonds is 4. The lowest BCUT2D eigenvalue weighted by Crippen LogP contribution is -2.57. The van der Waals surface area contributed by atoms with Gasteiger partial charge in [-0.2, -0.15) is 5.10 Å². The van der Waals surface area contributed by atoms with Crippen LogP contribution >= 0.6 is 0 Å². The number of ether oxygens (including phenoxy) is 1. The first-order valence-corrected chi connectivity index (χ1v) is 9.42. The van der Waals surface area contributed by atoms with Crippen molar-refractivity contribution in [2.75, 3.05) is 25.1 Å². The average Bonchev–Trinajstić information content (AvgIpc) is 3.28. The maximum absolute atomic E-state index is 12.9. The van der Waals surface area contributed by atoms with Gasteiger partial charge in [-0.3, -0.25) is 9.59 Å². The summed E-state index contributed by atoms with van der Waals surface area (Å²) in [6.45, 7) is 2.45. The molecule has 1 atom stereocenters. The highest BCUT2D eigenvalue weighted by atomic mass is 16.5. The standard InChI is InChI=1S/C22H22N4O3/c1-16-14-24(15-21(27)26(16)19-5-3-6-20(13-19)29-2)22(28)17-7-9-18(10-8-17)25-12-4-11-23-25/h3-13,16H,14-15H2,1-2H3/t16-/m1/s1. The van der Waals surface area contributed by atoms with Gasteiger partial charge in [-0.15, -0.1) is 0 Å². The van der Waals surface area contributed by atoms with Crippen LogP contribution in [0.5, 0.6) is 5.75 Å². The van der Waals surface area contributed by atoms with Crippen molar-refractivity contribution < 1.29 is 14.3 Å². The number of anilines is 1. The van der Waals surface area contributed by atoms with Crippen LogP contribution in [-0.4, -0.2) is 52.7 Å². The minimum atomic E-state index is -0.150. The van der Waals surface area contributed by atoms with Crippen molar-refractivity contribution in [3.63, 3.8) is 0 Å². The van der Waals surface area contributed by atoms with Gasteiger partial charge in [0.25, 0.3) is 5.91 Å². The minimum absolute atomic E-state index is 0.0429. The molecule has 148 valence electrons. The van der Waals surface area contributed by atoms with Gasteiger partial charge in [-0.05, 0) is 49.4 Å². The second-order valence-electron chi connectivity index (χ2n) is 7.00.